The second kappa shape index (κ2) is 5.11. The van der Waals surface area contributed by atoms with Crippen molar-refractivity contribution in [2.24, 2.45) is 0 Å². The minimum Gasteiger partial charge on any atom is -0.277 e. The number of amides is 4. The zero-order valence-electron chi connectivity index (χ0n) is 13.7. The number of anilines is 1. The molecular formula is C19H14N2O4. The Kier molecular flexibility index (Phi) is 3.12. The third kappa shape index (κ3) is 2.11. The molecule has 0 N–H and O–H groups in total. The lowest BCUT2D eigenvalue weighted by Gasteiger charge is -2.28. The van der Waals surface area contributed by atoms with Gasteiger partial charge in [0.25, 0.3) is 23.6 Å². The van der Waals surface area contributed by atoms with Crippen molar-refractivity contribution in [3.8, 4) is 0 Å². The second-order valence-corrected chi connectivity index (χ2v) is 6.29. The molecule has 2 aliphatic heterocycles. The largest absolute Gasteiger partial charge is 0.277 e. The molecule has 1 fully saturated rings. The maximum atomic E-state index is 12.8. The number of aryl methyl sites for hydroxylation is 1. The van der Waals surface area contributed by atoms with Crippen LogP contribution in [0.1, 0.15) is 12.0 Å². The van der Waals surface area contributed by atoms with Gasteiger partial charge in [-0.2, -0.15) is 0 Å². The quantitative estimate of drug-likeness (QED) is 0.728. The van der Waals surface area contributed by atoms with Gasteiger partial charge in [0, 0.05) is 24.6 Å². The molecule has 1 saturated heterocycles. The fourth-order valence-electron chi connectivity index (χ4n) is 3.20. The average molecular weight is 334 g/mol. The first-order chi connectivity index (χ1) is 11.9. The summed E-state index contributed by atoms with van der Waals surface area (Å²) in [7, 11) is 1.38. The molecule has 0 saturated carbocycles. The van der Waals surface area contributed by atoms with Crippen molar-refractivity contribution in [3.05, 3.63) is 64.3 Å². The van der Waals surface area contributed by atoms with E-state index in [0.717, 1.165) is 15.4 Å². The number of piperidine rings is 1. The van der Waals surface area contributed by atoms with Crippen LogP contribution in [0.5, 0.6) is 0 Å². The topological polar surface area (TPSA) is 74.8 Å². The van der Waals surface area contributed by atoms with Crippen LogP contribution in [0.4, 0.5) is 5.69 Å². The summed E-state index contributed by atoms with van der Waals surface area (Å²) in [5, 5.41) is 0. The van der Waals surface area contributed by atoms with Gasteiger partial charge in [-0.1, -0.05) is 17.7 Å². The SMILES string of the molecule is Cc1ccc(N2C(=O)C3=CC4=C(C=C(C3)C2=O)C(=O)N(C)C4=O)cc1. The number of benzene rings is 1. The molecule has 4 amide bonds. The lowest BCUT2D eigenvalue weighted by Crippen LogP contribution is -2.43. The first-order valence-electron chi connectivity index (χ1n) is 7.81. The number of fused-ring (bicyclic) bond motifs is 2. The molecule has 0 atom stereocenters. The summed E-state index contributed by atoms with van der Waals surface area (Å²) < 4.78 is 0. The van der Waals surface area contributed by atoms with E-state index in [-0.39, 0.29) is 17.6 Å². The van der Waals surface area contributed by atoms with E-state index in [0.29, 0.717) is 16.8 Å². The molecule has 6 heteroatoms. The summed E-state index contributed by atoms with van der Waals surface area (Å²) in [6.07, 6.45) is 3.01. The van der Waals surface area contributed by atoms with Gasteiger partial charge in [0.2, 0.25) is 0 Å². The minimum atomic E-state index is -0.463. The van der Waals surface area contributed by atoms with Crippen molar-refractivity contribution in [3.63, 3.8) is 0 Å². The van der Waals surface area contributed by atoms with Crippen LogP contribution in [0.2, 0.25) is 0 Å². The predicted molar refractivity (Wildman–Crippen MR) is 89.3 cm³/mol. The molecule has 1 aliphatic carbocycles. The highest BCUT2D eigenvalue weighted by molar-refractivity contribution is 6.31. The first-order valence-corrected chi connectivity index (χ1v) is 7.81. The Morgan fingerprint density at radius 2 is 1.24 bits per heavy atom. The van der Waals surface area contributed by atoms with Gasteiger partial charge >= 0.3 is 0 Å². The van der Waals surface area contributed by atoms with E-state index in [4.69, 9.17) is 0 Å². The van der Waals surface area contributed by atoms with Crippen molar-refractivity contribution >= 4 is 29.3 Å². The summed E-state index contributed by atoms with van der Waals surface area (Å²) in [6.45, 7) is 1.91. The molecule has 1 aromatic carbocycles. The van der Waals surface area contributed by atoms with Crippen LogP contribution in [0.25, 0.3) is 0 Å². The third-order valence-corrected chi connectivity index (χ3v) is 4.63. The molecule has 0 unspecified atom stereocenters. The van der Waals surface area contributed by atoms with E-state index in [1.807, 2.05) is 19.1 Å². The monoisotopic (exact) mass is 334 g/mol. The molecule has 0 radical (unpaired) electrons. The van der Waals surface area contributed by atoms with Crippen LogP contribution in [0.3, 0.4) is 0 Å². The maximum absolute atomic E-state index is 12.8. The smallest absolute Gasteiger partial charge is 0.261 e. The molecule has 4 rings (SSSR count). The standard InChI is InChI=1S/C19H14N2O4/c1-10-3-5-13(6-4-10)21-16(22)11-7-12(17(21)23)9-15-14(8-11)18(24)20(2)19(15)25/h3-6,8-9H,7H2,1-2H3. The van der Waals surface area contributed by atoms with Gasteiger partial charge in [-0.3, -0.25) is 24.1 Å². The molecule has 2 heterocycles. The number of hydrogen-bond acceptors (Lipinski definition) is 4. The van der Waals surface area contributed by atoms with Crippen molar-refractivity contribution in [2.75, 3.05) is 11.9 Å². The third-order valence-electron chi connectivity index (χ3n) is 4.63. The number of hydrogen-bond donors (Lipinski definition) is 0. The molecular weight excluding hydrogens is 320 g/mol. The lowest BCUT2D eigenvalue weighted by atomic mass is 9.97. The Morgan fingerprint density at radius 3 is 1.72 bits per heavy atom. The Hall–Kier alpha value is -3.28. The highest BCUT2D eigenvalue weighted by Gasteiger charge is 2.41. The normalized spacial score (nSPS) is 19.9. The number of carbonyl (C=O) groups excluding carboxylic acids is 4. The van der Waals surface area contributed by atoms with E-state index in [1.165, 1.54) is 19.2 Å². The van der Waals surface area contributed by atoms with Crippen molar-refractivity contribution in [1.29, 1.82) is 0 Å². The average Bonchev–Trinajstić information content (AvgIpc) is 2.76. The highest BCUT2D eigenvalue weighted by Crippen LogP contribution is 2.35. The molecule has 124 valence electrons. The van der Waals surface area contributed by atoms with E-state index in [9.17, 15) is 19.2 Å². The lowest BCUT2D eigenvalue weighted by molar-refractivity contribution is -0.135. The number of carbonyl (C=O) groups is 4. The van der Waals surface area contributed by atoms with Crippen LogP contribution in [0.15, 0.2) is 58.7 Å². The molecule has 3 aliphatic rings. The molecule has 25 heavy (non-hydrogen) atoms. The van der Waals surface area contributed by atoms with E-state index >= 15 is 0 Å². The Morgan fingerprint density at radius 1 is 0.760 bits per heavy atom. The van der Waals surface area contributed by atoms with E-state index in [2.05, 4.69) is 0 Å². The highest BCUT2D eigenvalue weighted by atomic mass is 16.2. The summed E-state index contributed by atoms with van der Waals surface area (Å²) in [5.74, 6) is -1.85. The van der Waals surface area contributed by atoms with Gasteiger partial charge in [-0.05, 0) is 31.2 Å². The fourth-order valence-corrected chi connectivity index (χ4v) is 3.20. The van der Waals surface area contributed by atoms with Crippen LogP contribution in [0, 0.1) is 6.92 Å². The summed E-state index contributed by atoms with van der Waals surface area (Å²) >= 11 is 0. The number of likely N-dealkylation sites (N-methyl/N-ethyl adjacent to an activating group) is 1. The molecule has 0 spiro atoms. The van der Waals surface area contributed by atoms with Gasteiger partial charge < -0.3 is 0 Å². The first kappa shape index (κ1) is 15.3. The number of rotatable bonds is 1. The molecule has 1 aromatic rings. The summed E-state index contributed by atoms with van der Waals surface area (Å²) in [4.78, 5) is 52.2. The van der Waals surface area contributed by atoms with Crippen molar-refractivity contribution < 1.29 is 19.2 Å². The zero-order chi connectivity index (χ0) is 17.9. The van der Waals surface area contributed by atoms with Gasteiger partial charge in [-0.25, -0.2) is 4.90 Å². The Labute approximate surface area is 143 Å². The van der Waals surface area contributed by atoms with Crippen LogP contribution < -0.4 is 4.90 Å². The molecule has 6 nitrogen and oxygen atoms in total. The molecule has 0 aromatic heterocycles. The van der Waals surface area contributed by atoms with Crippen LogP contribution in [-0.2, 0) is 19.2 Å². The summed E-state index contributed by atoms with van der Waals surface area (Å²) in [6, 6.07) is 7.04. The Balaban J connectivity index is 1.86. The zero-order valence-corrected chi connectivity index (χ0v) is 13.7. The maximum Gasteiger partial charge on any atom is 0.261 e. The Bertz CT molecular complexity index is 910. The number of imide groups is 2. The van der Waals surface area contributed by atoms with Crippen molar-refractivity contribution in [1.82, 2.24) is 4.90 Å². The van der Waals surface area contributed by atoms with Gasteiger partial charge in [0.1, 0.15) is 0 Å². The van der Waals surface area contributed by atoms with Gasteiger partial charge in [0.15, 0.2) is 0 Å². The molecule has 2 bridgehead atoms. The summed E-state index contributed by atoms with van der Waals surface area (Å²) in [5.41, 5.74) is 2.47. The van der Waals surface area contributed by atoms with Crippen LogP contribution in [-0.4, -0.2) is 35.6 Å². The fraction of sp³-hybridized carbons (Fsp3) is 0.158. The van der Waals surface area contributed by atoms with Gasteiger partial charge in [0.05, 0.1) is 16.8 Å². The second-order valence-electron chi connectivity index (χ2n) is 6.29. The minimum absolute atomic E-state index is 0.122. The van der Waals surface area contributed by atoms with E-state index in [1.54, 1.807) is 12.1 Å². The van der Waals surface area contributed by atoms with Gasteiger partial charge in [-0.15, -0.1) is 0 Å². The number of nitrogens with zero attached hydrogens (tertiary/aromatic N) is 2. The van der Waals surface area contributed by atoms with Crippen LogP contribution >= 0.6 is 0 Å². The predicted octanol–water partition coefficient (Wildman–Crippen LogP) is 1.42. The van der Waals surface area contributed by atoms with Crippen molar-refractivity contribution in [2.45, 2.75) is 13.3 Å². The van der Waals surface area contributed by atoms with E-state index < -0.39 is 23.6 Å².